The van der Waals surface area contributed by atoms with Crippen molar-refractivity contribution in [3.05, 3.63) is 34.4 Å². The van der Waals surface area contributed by atoms with Crippen molar-refractivity contribution < 1.29 is 8.42 Å². The van der Waals surface area contributed by atoms with Gasteiger partial charge < -0.3 is 0 Å². The molecule has 0 amide bonds. The van der Waals surface area contributed by atoms with Crippen LogP contribution in [0.1, 0.15) is 11.8 Å². The molecule has 8 heteroatoms. The van der Waals surface area contributed by atoms with Gasteiger partial charge in [-0.25, -0.2) is 23.1 Å². The molecule has 18 heavy (non-hydrogen) atoms. The van der Waals surface area contributed by atoms with Gasteiger partial charge in [-0.2, -0.15) is 0 Å². The molecule has 0 fully saturated rings. The second kappa shape index (κ2) is 5.21. The van der Waals surface area contributed by atoms with Crippen LogP contribution in [0.2, 0.25) is 5.15 Å². The molecule has 0 radical (unpaired) electrons. The minimum Gasteiger partial charge on any atom is -0.246 e. The molecule has 0 aliphatic carbocycles. The third-order valence-corrected chi connectivity index (χ3v) is 5.36. The van der Waals surface area contributed by atoms with Crippen molar-refractivity contribution in [2.75, 3.05) is 4.72 Å². The molecule has 0 unspecified atom stereocenters. The molecule has 2 heterocycles. The first-order valence-electron chi connectivity index (χ1n) is 5.11. The van der Waals surface area contributed by atoms with Gasteiger partial charge in [0.2, 0.25) is 5.95 Å². The Morgan fingerprint density at radius 2 is 2.17 bits per heavy atom. The summed E-state index contributed by atoms with van der Waals surface area (Å²) < 4.78 is 26.6. The fourth-order valence-electron chi connectivity index (χ4n) is 1.25. The predicted octanol–water partition coefficient (Wildman–Crippen LogP) is 2.55. The average molecular weight is 304 g/mol. The first kappa shape index (κ1) is 13.3. The highest BCUT2D eigenvalue weighted by Gasteiger charge is 2.18. The number of halogens is 1. The number of aromatic nitrogens is 2. The number of hydrogen-bond acceptors (Lipinski definition) is 5. The Morgan fingerprint density at radius 1 is 1.39 bits per heavy atom. The molecule has 2 rings (SSSR count). The van der Waals surface area contributed by atoms with Crippen molar-refractivity contribution in [2.24, 2.45) is 0 Å². The maximum absolute atomic E-state index is 12.0. The van der Waals surface area contributed by atoms with Crippen LogP contribution in [-0.4, -0.2) is 18.4 Å². The zero-order valence-electron chi connectivity index (χ0n) is 9.42. The summed E-state index contributed by atoms with van der Waals surface area (Å²) in [4.78, 5) is 8.58. The minimum atomic E-state index is -3.63. The van der Waals surface area contributed by atoms with E-state index >= 15 is 0 Å². The Morgan fingerprint density at radius 3 is 2.78 bits per heavy atom. The number of nitrogens with one attached hydrogen (secondary N) is 1. The molecule has 5 nitrogen and oxygen atoms in total. The Kier molecular flexibility index (Phi) is 3.84. The number of sulfonamides is 1. The first-order valence-corrected chi connectivity index (χ1v) is 7.79. The maximum Gasteiger partial charge on any atom is 0.273 e. The lowest BCUT2D eigenvalue weighted by Crippen LogP contribution is -2.13. The van der Waals surface area contributed by atoms with Gasteiger partial charge in [0.15, 0.2) is 0 Å². The number of hydrogen-bond donors (Lipinski definition) is 1. The van der Waals surface area contributed by atoms with Gasteiger partial charge in [0.25, 0.3) is 10.0 Å². The predicted molar refractivity (Wildman–Crippen MR) is 71.5 cm³/mol. The van der Waals surface area contributed by atoms with Crippen molar-refractivity contribution in [3.8, 4) is 0 Å². The molecule has 2 aromatic rings. The highest BCUT2D eigenvalue weighted by molar-refractivity contribution is 7.94. The number of thiophene rings is 1. The largest absolute Gasteiger partial charge is 0.273 e. The van der Waals surface area contributed by atoms with Crippen molar-refractivity contribution in [3.63, 3.8) is 0 Å². The first-order chi connectivity index (χ1) is 8.51. The highest BCUT2D eigenvalue weighted by Crippen LogP contribution is 2.23. The van der Waals surface area contributed by atoms with Crippen LogP contribution in [0.25, 0.3) is 0 Å². The van der Waals surface area contributed by atoms with E-state index in [1.54, 1.807) is 12.1 Å². The summed E-state index contributed by atoms with van der Waals surface area (Å²) in [6, 6.07) is 4.83. The van der Waals surface area contributed by atoms with Crippen molar-refractivity contribution in [2.45, 2.75) is 17.6 Å². The van der Waals surface area contributed by atoms with Gasteiger partial charge in [-0.15, -0.1) is 11.3 Å². The summed E-state index contributed by atoms with van der Waals surface area (Å²) in [7, 11) is -3.63. The SMILES string of the molecule is CCc1ccc(S(=O)(=O)Nc2nccc(Cl)n2)s1. The van der Waals surface area contributed by atoms with Crippen LogP contribution < -0.4 is 4.72 Å². The fourth-order valence-corrected chi connectivity index (χ4v) is 3.63. The van der Waals surface area contributed by atoms with E-state index in [4.69, 9.17) is 11.6 Å². The van der Waals surface area contributed by atoms with E-state index in [0.29, 0.717) is 0 Å². The van der Waals surface area contributed by atoms with Gasteiger partial charge in [0.1, 0.15) is 9.36 Å². The zero-order chi connectivity index (χ0) is 13.2. The summed E-state index contributed by atoms with van der Waals surface area (Å²) in [5.41, 5.74) is 0. The standard InChI is InChI=1S/C10H10ClN3O2S2/c1-2-7-3-4-9(17-7)18(15,16)14-10-12-6-5-8(11)13-10/h3-6H,2H2,1H3,(H,12,13,14). The molecule has 0 aliphatic rings. The fraction of sp³-hybridized carbons (Fsp3) is 0.200. The summed E-state index contributed by atoms with van der Waals surface area (Å²) in [5.74, 6) is -0.0334. The Bertz CT molecular complexity index is 655. The molecule has 0 saturated heterocycles. The lowest BCUT2D eigenvalue weighted by atomic mass is 10.4. The van der Waals surface area contributed by atoms with E-state index in [1.165, 1.54) is 23.6 Å². The third kappa shape index (κ3) is 2.98. The van der Waals surface area contributed by atoms with Crippen LogP contribution in [0.4, 0.5) is 5.95 Å². The van der Waals surface area contributed by atoms with Crippen molar-refractivity contribution in [1.29, 1.82) is 0 Å². The lowest BCUT2D eigenvalue weighted by Gasteiger charge is -2.03. The smallest absolute Gasteiger partial charge is 0.246 e. The van der Waals surface area contributed by atoms with Gasteiger partial charge in [-0.3, -0.25) is 0 Å². The monoisotopic (exact) mass is 303 g/mol. The molecular weight excluding hydrogens is 294 g/mol. The molecule has 0 aliphatic heterocycles. The van der Waals surface area contributed by atoms with Crippen LogP contribution in [0, 0.1) is 0 Å². The van der Waals surface area contributed by atoms with Crippen LogP contribution >= 0.6 is 22.9 Å². The number of anilines is 1. The van der Waals surface area contributed by atoms with Gasteiger partial charge in [0.05, 0.1) is 0 Å². The molecule has 0 saturated carbocycles. The number of rotatable bonds is 4. The normalized spacial score (nSPS) is 11.4. The Labute approximate surface area is 114 Å². The Balaban J connectivity index is 2.27. The number of aryl methyl sites for hydroxylation is 1. The zero-order valence-corrected chi connectivity index (χ0v) is 11.8. The molecule has 1 N–H and O–H groups in total. The van der Waals surface area contributed by atoms with Gasteiger partial charge in [-0.1, -0.05) is 18.5 Å². The molecular formula is C10H10ClN3O2S2. The van der Waals surface area contributed by atoms with E-state index in [-0.39, 0.29) is 15.3 Å². The molecule has 0 bridgehead atoms. The van der Waals surface area contributed by atoms with Crippen LogP contribution in [0.5, 0.6) is 0 Å². The number of nitrogens with zero attached hydrogens (tertiary/aromatic N) is 2. The van der Waals surface area contributed by atoms with E-state index in [0.717, 1.165) is 11.3 Å². The Hall–Kier alpha value is -1.18. The summed E-state index contributed by atoms with van der Waals surface area (Å²) >= 11 is 6.89. The quantitative estimate of drug-likeness (QED) is 0.881. The van der Waals surface area contributed by atoms with E-state index in [9.17, 15) is 8.42 Å². The van der Waals surface area contributed by atoms with E-state index in [1.807, 2.05) is 6.92 Å². The average Bonchev–Trinajstić information content (AvgIpc) is 2.77. The van der Waals surface area contributed by atoms with Crippen LogP contribution in [-0.2, 0) is 16.4 Å². The molecule has 2 aromatic heterocycles. The van der Waals surface area contributed by atoms with Gasteiger partial charge in [-0.05, 0) is 24.6 Å². The summed E-state index contributed by atoms with van der Waals surface area (Å²) in [6.07, 6.45) is 2.19. The molecule has 0 aromatic carbocycles. The van der Waals surface area contributed by atoms with E-state index in [2.05, 4.69) is 14.7 Å². The third-order valence-electron chi connectivity index (χ3n) is 2.10. The van der Waals surface area contributed by atoms with Crippen molar-refractivity contribution >= 4 is 38.9 Å². The van der Waals surface area contributed by atoms with E-state index < -0.39 is 10.0 Å². The summed E-state index contributed by atoms with van der Waals surface area (Å²) in [5, 5.41) is 0.183. The van der Waals surface area contributed by atoms with Gasteiger partial charge in [0, 0.05) is 11.1 Å². The molecule has 0 spiro atoms. The topological polar surface area (TPSA) is 72.0 Å². The minimum absolute atomic E-state index is 0.0334. The second-order valence-electron chi connectivity index (χ2n) is 3.38. The van der Waals surface area contributed by atoms with Crippen LogP contribution in [0.15, 0.2) is 28.6 Å². The molecule has 96 valence electrons. The maximum atomic E-state index is 12.0. The summed E-state index contributed by atoms with van der Waals surface area (Å²) in [6.45, 7) is 1.97. The molecule has 0 atom stereocenters. The highest BCUT2D eigenvalue weighted by atomic mass is 35.5. The van der Waals surface area contributed by atoms with Gasteiger partial charge >= 0.3 is 0 Å². The lowest BCUT2D eigenvalue weighted by molar-refractivity contribution is 0.602. The van der Waals surface area contributed by atoms with Crippen molar-refractivity contribution in [1.82, 2.24) is 9.97 Å². The van der Waals surface area contributed by atoms with Crippen LogP contribution in [0.3, 0.4) is 0 Å². The second-order valence-corrected chi connectivity index (χ2v) is 6.85.